The number of aliphatic hydroxyl groups excluding tert-OH is 2. The zero-order chi connectivity index (χ0) is 65.4. The van der Waals surface area contributed by atoms with Crippen molar-refractivity contribution in [2.24, 2.45) is 0 Å². The van der Waals surface area contributed by atoms with Crippen molar-refractivity contribution in [2.45, 2.75) is 358 Å². The van der Waals surface area contributed by atoms with Gasteiger partial charge >= 0.3 is 15.6 Å². The third-order valence-corrected chi connectivity index (χ3v) is 18.0. The van der Waals surface area contributed by atoms with Crippen LogP contribution in [-0.4, -0.2) is 156 Å². The maximum Gasteiger partial charge on any atom is 0.472 e. The van der Waals surface area contributed by atoms with Crippen molar-refractivity contribution in [3.05, 3.63) is 12.2 Å². The van der Waals surface area contributed by atoms with Crippen molar-refractivity contribution in [1.82, 2.24) is 10.6 Å². The zero-order valence-electron chi connectivity index (χ0n) is 56.1. The third-order valence-electron chi connectivity index (χ3n) is 17.0. The molecule has 2 aliphatic heterocycles. The Balaban J connectivity index is 2.45. The highest BCUT2D eigenvalue weighted by molar-refractivity contribution is 7.46. The summed E-state index contributed by atoms with van der Waals surface area (Å²) in [5.74, 6) is -1.08. The standard InChI is InChI=1S/C66H128N2O19P2/c1-7-11-15-19-22-25-26-27-28-29-30-32-34-38-42-46-57(70)67-60-64(82-49-47-54(80-6)45-41-36-18-14-10-4)62(86-88(73,74)75)56(51-79-5)85-65(60)83-52-55-61(72)63(81-48-43-39-35-24-21-17-13-9-3)59(66(84-55)87-89(76,77)78)68-58(71)50-53(69)44-40-37-33-31-23-20-16-12-8-2/h25-26,54-57,59-67,70,72H,7-24,27-52H2,1-6H3,(H,68,71)(H2,73,74,75)(H2,76,77,78)/b26-25-/t54-,55?,56-,57-,59-,60-,61-,62-,63-,64-,65-,66-/m1/s1. The van der Waals surface area contributed by atoms with Gasteiger partial charge in [-0.15, -0.1) is 0 Å². The molecule has 2 rings (SSSR count). The van der Waals surface area contributed by atoms with E-state index >= 15 is 0 Å². The lowest BCUT2D eigenvalue weighted by molar-refractivity contribution is -0.303. The zero-order valence-corrected chi connectivity index (χ0v) is 57.9. The Morgan fingerprint density at radius 2 is 0.978 bits per heavy atom. The van der Waals surface area contributed by atoms with Gasteiger partial charge in [-0.05, 0) is 64.2 Å². The second-order valence-electron chi connectivity index (χ2n) is 25.0. The number of nitrogens with one attached hydrogen (secondary N) is 2. The number of hydrogen-bond acceptors (Lipinski definition) is 16. The fourth-order valence-corrected chi connectivity index (χ4v) is 12.8. The monoisotopic (exact) mass is 1310 g/mol. The van der Waals surface area contributed by atoms with Gasteiger partial charge in [-0.1, -0.05) is 220 Å². The molecule has 0 spiro atoms. The quantitative estimate of drug-likeness (QED) is 0.00923. The summed E-state index contributed by atoms with van der Waals surface area (Å²) in [5, 5.41) is 29.9. The lowest BCUT2D eigenvalue weighted by atomic mass is 9.95. The number of ether oxygens (including phenoxy) is 7. The molecule has 2 fully saturated rings. The van der Waals surface area contributed by atoms with Crippen molar-refractivity contribution < 1.29 is 90.7 Å². The average molecular weight is 1320 g/mol. The number of aliphatic hydroxyl groups is 2. The van der Waals surface area contributed by atoms with Crippen molar-refractivity contribution in [3.63, 3.8) is 0 Å². The average Bonchev–Trinajstić information content (AvgIpc) is 0.966. The van der Waals surface area contributed by atoms with Gasteiger partial charge in [0.15, 0.2) is 12.6 Å². The highest BCUT2D eigenvalue weighted by Gasteiger charge is 2.53. The molecule has 0 aliphatic carbocycles. The van der Waals surface area contributed by atoms with E-state index in [1.807, 2.05) is 0 Å². The molecular formula is C66H128N2O19P2. The first-order chi connectivity index (χ1) is 42.9. The summed E-state index contributed by atoms with van der Waals surface area (Å²) in [6.45, 7) is 8.02. The van der Waals surface area contributed by atoms with Gasteiger partial charge in [-0.2, -0.15) is 0 Å². The fourth-order valence-electron chi connectivity index (χ4n) is 11.8. The van der Waals surface area contributed by atoms with Gasteiger partial charge in [0.1, 0.15) is 54.7 Å². The molecule has 1 amide bonds. The molecule has 2 saturated heterocycles. The summed E-state index contributed by atoms with van der Waals surface area (Å²) in [7, 11) is -7.63. The van der Waals surface area contributed by atoms with E-state index in [4.69, 9.17) is 42.2 Å². The molecule has 12 atom stereocenters. The van der Waals surface area contributed by atoms with E-state index in [1.165, 1.54) is 58.5 Å². The summed E-state index contributed by atoms with van der Waals surface area (Å²) >= 11 is 0. The molecule has 526 valence electrons. The fraction of sp³-hybridized carbons (Fsp3) is 0.939. The van der Waals surface area contributed by atoms with E-state index in [0.29, 0.717) is 25.7 Å². The number of ketones is 1. The molecule has 89 heavy (non-hydrogen) atoms. The van der Waals surface area contributed by atoms with Crippen molar-refractivity contribution in [3.8, 4) is 0 Å². The number of amides is 1. The molecule has 0 aromatic heterocycles. The van der Waals surface area contributed by atoms with Crippen LogP contribution in [0.2, 0.25) is 0 Å². The molecule has 0 radical (unpaired) electrons. The number of Topliss-reactive ketones (excluding diaryl/α,β-unsaturated/α-hetero) is 1. The first-order valence-electron chi connectivity index (χ1n) is 35.1. The molecule has 8 N–H and O–H groups in total. The largest absolute Gasteiger partial charge is 0.472 e. The maximum absolute atomic E-state index is 13.7. The highest BCUT2D eigenvalue weighted by atomic mass is 31.2. The second-order valence-corrected chi connectivity index (χ2v) is 27.4. The van der Waals surface area contributed by atoms with Crippen molar-refractivity contribution in [1.29, 1.82) is 0 Å². The lowest BCUT2D eigenvalue weighted by Crippen LogP contribution is -2.68. The van der Waals surface area contributed by atoms with Crippen LogP contribution in [0.4, 0.5) is 0 Å². The number of rotatable bonds is 60. The predicted octanol–water partition coefficient (Wildman–Crippen LogP) is 13.4. The number of carbonyl (C=O) groups is 2. The van der Waals surface area contributed by atoms with E-state index < -0.39 is 102 Å². The lowest BCUT2D eigenvalue weighted by Gasteiger charge is -2.48. The van der Waals surface area contributed by atoms with Crippen LogP contribution >= 0.6 is 15.6 Å². The van der Waals surface area contributed by atoms with Crippen LogP contribution in [0.1, 0.15) is 285 Å². The molecule has 2 heterocycles. The minimum atomic E-state index is -5.38. The number of unbranched alkanes of at least 4 members (excludes halogenated alkanes) is 30. The Hall–Kier alpha value is -1.30. The first kappa shape index (κ1) is 83.8. The summed E-state index contributed by atoms with van der Waals surface area (Å²) in [6, 6.07) is -2.72. The Morgan fingerprint density at radius 3 is 1.51 bits per heavy atom. The van der Waals surface area contributed by atoms with Gasteiger partial charge in [-0.25, -0.2) is 9.13 Å². The van der Waals surface area contributed by atoms with Gasteiger partial charge in [0.05, 0.1) is 31.8 Å². The second kappa shape index (κ2) is 52.9. The van der Waals surface area contributed by atoms with Gasteiger partial charge in [0, 0.05) is 33.9 Å². The van der Waals surface area contributed by atoms with Crippen molar-refractivity contribution >= 4 is 27.3 Å². The van der Waals surface area contributed by atoms with E-state index in [0.717, 1.165) is 161 Å². The number of phosphoric ester groups is 2. The Kier molecular flexibility index (Phi) is 49.8. The molecule has 21 nitrogen and oxygen atoms in total. The van der Waals surface area contributed by atoms with Gasteiger partial charge in [0.2, 0.25) is 5.91 Å². The van der Waals surface area contributed by atoms with Crippen LogP contribution in [0, 0.1) is 0 Å². The number of methoxy groups -OCH3 is 2. The molecule has 0 saturated carbocycles. The van der Waals surface area contributed by atoms with E-state index in [1.54, 1.807) is 7.11 Å². The Bertz CT molecular complexity index is 1850. The first-order valence-corrected chi connectivity index (χ1v) is 38.2. The number of allylic oxidation sites excluding steroid dienone is 2. The van der Waals surface area contributed by atoms with Crippen LogP contribution in [0.3, 0.4) is 0 Å². The van der Waals surface area contributed by atoms with Crippen LogP contribution < -0.4 is 10.6 Å². The van der Waals surface area contributed by atoms with Gasteiger partial charge in [-0.3, -0.25) is 24.0 Å². The number of phosphoric acid groups is 2. The summed E-state index contributed by atoms with van der Waals surface area (Å²) in [6.07, 6.45) is 29.3. The van der Waals surface area contributed by atoms with Gasteiger partial charge < -0.3 is 68.3 Å². The van der Waals surface area contributed by atoms with Crippen LogP contribution in [-0.2, 0) is 60.9 Å². The highest BCUT2D eigenvalue weighted by Crippen LogP contribution is 2.44. The van der Waals surface area contributed by atoms with E-state index in [-0.39, 0.29) is 44.5 Å². The summed E-state index contributed by atoms with van der Waals surface area (Å²) < 4.78 is 79.5. The van der Waals surface area contributed by atoms with E-state index in [9.17, 15) is 48.5 Å². The smallest absolute Gasteiger partial charge is 0.388 e. The van der Waals surface area contributed by atoms with Crippen LogP contribution in [0.5, 0.6) is 0 Å². The SMILES string of the molecule is CCCCCC/C=C\CCCCCCCCC[C@@H](O)N[C@H]1[C@H](OCC2O[C@H](OP(=O)(O)O)[C@H](NC(=O)CC(=O)CCCCCCCCCCC)[C@@H](OCCCCCCCCCC)[C@@H]2O)O[C@H](COC)[C@@H](OP(=O)(O)O)[C@@H]1OCC[C@@H](CCCCCCC)OC. The number of hydrogen-bond donors (Lipinski definition) is 8. The molecule has 0 aromatic carbocycles. The minimum Gasteiger partial charge on any atom is -0.388 e. The molecule has 0 bridgehead atoms. The Labute approximate surface area is 537 Å². The van der Waals surface area contributed by atoms with Gasteiger partial charge in [0.25, 0.3) is 0 Å². The topological polar surface area (TPSA) is 297 Å². The third kappa shape index (κ3) is 41.3. The molecule has 23 heteroatoms. The van der Waals surface area contributed by atoms with Crippen molar-refractivity contribution in [2.75, 3.05) is 40.6 Å². The van der Waals surface area contributed by atoms with Crippen LogP contribution in [0.25, 0.3) is 0 Å². The summed E-state index contributed by atoms with van der Waals surface area (Å²) in [5.41, 5.74) is 0. The predicted molar refractivity (Wildman–Crippen MR) is 348 cm³/mol. The summed E-state index contributed by atoms with van der Waals surface area (Å²) in [4.78, 5) is 68.1. The molecular weight excluding hydrogens is 1190 g/mol. The number of carbonyl (C=O) groups excluding carboxylic acids is 2. The van der Waals surface area contributed by atoms with E-state index in [2.05, 4.69) is 50.5 Å². The minimum absolute atomic E-state index is 0.0386. The molecule has 1 unspecified atom stereocenters. The molecule has 0 aromatic rings. The van der Waals surface area contributed by atoms with Crippen LogP contribution in [0.15, 0.2) is 12.2 Å². The maximum atomic E-state index is 13.7. The molecule has 2 aliphatic rings. The Morgan fingerprint density at radius 1 is 0.506 bits per heavy atom. The normalized spacial score (nSPS) is 23.3.